The predicted molar refractivity (Wildman–Crippen MR) is 74.9 cm³/mol. The zero-order valence-corrected chi connectivity index (χ0v) is 12.3. The Balaban J connectivity index is 1.92. The van der Waals surface area contributed by atoms with Crippen LogP contribution in [0.15, 0.2) is 24.3 Å². The Labute approximate surface area is 127 Å². The van der Waals surface area contributed by atoms with E-state index in [1.54, 1.807) is 0 Å². The number of piperidine rings is 1. The van der Waals surface area contributed by atoms with E-state index >= 15 is 0 Å². The second kappa shape index (κ2) is 6.26. The van der Waals surface area contributed by atoms with E-state index in [1.165, 1.54) is 19.2 Å². The molecule has 4 nitrogen and oxygen atoms in total. The first kappa shape index (κ1) is 16.8. The number of halogens is 3. The van der Waals surface area contributed by atoms with Crippen molar-refractivity contribution in [3.05, 3.63) is 35.4 Å². The lowest BCUT2D eigenvalue weighted by molar-refractivity contribution is -0.149. The van der Waals surface area contributed by atoms with Crippen LogP contribution in [-0.2, 0) is 22.3 Å². The van der Waals surface area contributed by atoms with E-state index in [-0.39, 0.29) is 0 Å². The van der Waals surface area contributed by atoms with Crippen molar-refractivity contribution >= 4 is 5.97 Å². The lowest BCUT2D eigenvalue weighted by Crippen LogP contribution is -2.55. The molecule has 0 bridgehead atoms. The fourth-order valence-corrected chi connectivity index (χ4v) is 2.57. The number of hydrogen-bond acceptors (Lipinski definition) is 4. The van der Waals surface area contributed by atoms with Crippen LogP contribution in [0.2, 0.25) is 0 Å². The normalized spacial score (nSPS) is 19.0. The first-order valence-corrected chi connectivity index (χ1v) is 7.00. The summed E-state index contributed by atoms with van der Waals surface area (Å²) in [5.74, 6) is -0.415. The third-order valence-electron chi connectivity index (χ3n) is 4.03. The zero-order valence-electron chi connectivity index (χ0n) is 12.3. The monoisotopic (exact) mass is 316 g/mol. The standard InChI is InChI=1S/C15H19F3N2O2/c1-22-13(21)14(19)6-8-20(9-7-14)10-11-2-4-12(5-3-11)15(16,17)18/h2-5H,6-10,19H2,1H3. The summed E-state index contributed by atoms with van der Waals surface area (Å²) >= 11 is 0. The number of nitrogens with zero attached hydrogens (tertiary/aromatic N) is 1. The van der Waals surface area contributed by atoms with Crippen molar-refractivity contribution in [1.29, 1.82) is 0 Å². The van der Waals surface area contributed by atoms with Crippen LogP contribution in [0.4, 0.5) is 13.2 Å². The molecular weight excluding hydrogens is 297 g/mol. The summed E-state index contributed by atoms with van der Waals surface area (Å²) in [5, 5.41) is 0. The molecule has 2 rings (SSSR count). The van der Waals surface area contributed by atoms with Gasteiger partial charge in [-0.1, -0.05) is 12.1 Å². The second-order valence-corrected chi connectivity index (χ2v) is 5.62. The minimum absolute atomic E-state index is 0.415. The van der Waals surface area contributed by atoms with Gasteiger partial charge in [0.25, 0.3) is 0 Å². The highest BCUT2D eigenvalue weighted by molar-refractivity contribution is 5.80. The molecule has 0 aliphatic carbocycles. The fraction of sp³-hybridized carbons (Fsp3) is 0.533. The molecule has 1 aliphatic rings. The van der Waals surface area contributed by atoms with Crippen LogP contribution in [0.25, 0.3) is 0 Å². The van der Waals surface area contributed by atoms with E-state index in [1.807, 2.05) is 0 Å². The van der Waals surface area contributed by atoms with Crippen LogP contribution in [0.1, 0.15) is 24.0 Å². The van der Waals surface area contributed by atoms with Crippen molar-refractivity contribution in [3.63, 3.8) is 0 Å². The number of ether oxygens (including phenoxy) is 1. The summed E-state index contributed by atoms with van der Waals surface area (Å²) in [7, 11) is 1.31. The second-order valence-electron chi connectivity index (χ2n) is 5.62. The molecule has 0 aromatic heterocycles. The van der Waals surface area contributed by atoms with Crippen molar-refractivity contribution in [2.75, 3.05) is 20.2 Å². The van der Waals surface area contributed by atoms with Crippen LogP contribution in [0, 0.1) is 0 Å². The Morgan fingerprint density at radius 3 is 2.27 bits per heavy atom. The van der Waals surface area contributed by atoms with Gasteiger partial charge in [0.1, 0.15) is 5.54 Å². The highest BCUT2D eigenvalue weighted by Crippen LogP contribution is 2.29. The number of nitrogens with two attached hydrogens (primary N) is 1. The van der Waals surface area contributed by atoms with E-state index in [0.717, 1.165) is 17.7 Å². The molecule has 0 amide bonds. The van der Waals surface area contributed by atoms with Gasteiger partial charge >= 0.3 is 12.1 Å². The van der Waals surface area contributed by atoms with Crippen molar-refractivity contribution in [2.24, 2.45) is 5.73 Å². The van der Waals surface area contributed by atoms with Gasteiger partial charge in [0.2, 0.25) is 0 Å². The van der Waals surface area contributed by atoms with E-state index in [2.05, 4.69) is 4.90 Å². The molecule has 1 heterocycles. The lowest BCUT2D eigenvalue weighted by Gasteiger charge is -2.37. The summed E-state index contributed by atoms with van der Waals surface area (Å²) < 4.78 is 42.2. The zero-order chi connectivity index (χ0) is 16.4. The van der Waals surface area contributed by atoms with Crippen molar-refractivity contribution < 1.29 is 22.7 Å². The lowest BCUT2D eigenvalue weighted by atomic mass is 9.88. The summed E-state index contributed by atoms with van der Waals surface area (Å²) in [6.45, 7) is 1.74. The highest BCUT2D eigenvalue weighted by atomic mass is 19.4. The first-order chi connectivity index (χ1) is 10.2. The van der Waals surface area contributed by atoms with Crippen molar-refractivity contribution in [2.45, 2.75) is 31.1 Å². The molecule has 1 saturated heterocycles. The van der Waals surface area contributed by atoms with Crippen LogP contribution in [-0.4, -0.2) is 36.6 Å². The van der Waals surface area contributed by atoms with Crippen molar-refractivity contribution in [3.8, 4) is 0 Å². The molecule has 1 aromatic rings. The first-order valence-electron chi connectivity index (χ1n) is 7.00. The Morgan fingerprint density at radius 2 is 1.82 bits per heavy atom. The molecule has 1 fully saturated rings. The average Bonchev–Trinajstić information content (AvgIpc) is 2.48. The number of hydrogen-bond donors (Lipinski definition) is 1. The largest absolute Gasteiger partial charge is 0.468 e. The van der Waals surface area contributed by atoms with Gasteiger partial charge in [-0.25, -0.2) is 0 Å². The molecule has 0 unspecified atom stereocenters. The number of benzene rings is 1. The van der Waals surface area contributed by atoms with E-state index in [4.69, 9.17) is 10.5 Å². The van der Waals surface area contributed by atoms with Gasteiger partial charge in [0, 0.05) is 19.6 Å². The quantitative estimate of drug-likeness (QED) is 0.869. The molecule has 0 spiro atoms. The molecule has 122 valence electrons. The van der Waals surface area contributed by atoms with Gasteiger partial charge in [0.15, 0.2) is 0 Å². The minimum Gasteiger partial charge on any atom is -0.468 e. The molecule has 0 saturated carbocycles. The number of carbonyl (C=O) groups is 1. The van der Waals surface area contributed by atoms with Gasteiger partial charge in [0.05, 0.1) is 12.7 Å². The summed E-state index contributed by atoms with van der Waals surface area (Å²) in [6.07, 6.45) is -3.37. The van der Waals surface area contributed by atoms with Gasteiger partial charge < -0.3 is 10.5 Å². The molecule has 0 atom stereocenters. The van der Waals surface area contributed by atoms with Gasteiger partial charge in [-0.3, -0.25) is 9.69 Å². The Bertz CT molecular complexity index is 521. The van der Waals surface area contributed by atoms with Gasteiger partial charge in [-0.15, -0.1) is 0 Å². The predicted octanol–water partition coefficient (Wildman–Crippen LogP) is 2.17. The van der Waals surface area contributed by atoms with Crippen molar-refractivity contribution in [1.82, 2.24) is 4.90 Å². The Morgan fingerprint density at radius 1 is 1.27 bits per heavy atom. The maximum Gasteiger partial charge on any atom is 0.416 e. The molecule has 0 radical (unpaired) electrons. The molecule has 1 aromatic carbocycles. The van der Waals surface area contributed by atoms with Crippen LogP contribution >= 0.6 is 0 Å². The number of rotatable bonds is 3. The summed E-state index contributed by atoms with van der Waals surface area (Å²) in [6, 6.07) is 5.13. The maximum atomic E-state index is 12.5. The smallest absolute Gasteiger partial charge is 0.416 e. The SMILES string of the molecule is COC(=O)C1(N)CCN(Cc2ccc(C(F)(F)F)cc2)CC1. The Hall–Kier alpha value is -1.60. The molecule has 7 heteroatoms. The van der Waals surface area contributed by atoms with E-state index < -0.39 is 23.2 Å². The molecular formula is C15H19F3N2O2. The average molecular weight is 316 g/mol. The van der Waals surface area contributed by atoms with Crippen LogP contribution < -0.4 is 5.73 Å². The number of carbonyl (C=O) groups excluding carboxylic acids is 1. The Kier molecular flexibility index (Phi) is 4.77. The molecule has 22 heavy (non-hydrogen) atoms. The third kappa shape index (κ3) is 3.78. The highest BCUT2D eigenvalue weighted by Gasteiger charge is 2.38. The number of methoxy groups -OCH3 is 1. The van der Waals surface area contributed by atoms with E-state index in [0.29, 0.717) is 32.5 Å². The molecule has 1 aliphatic heterocycles. The topological polar surface area (TPSA) is 55.6 Å². The maximum absolute atomic E-state index is 12.5. The molecule has 2 N–H and O–H groups in total. The third-order valence-corrected chi connectivity index (χ3v) is 4.03. The number of likely N-dealkylation sites (tertiary alicyclic amines) is 1. The minimum atomic E-state index is -4.32. The fourth-order valence-electron chi connectivity index (χ4n) is 2.57. The number of alkyl halides is 3. The van der Waals surface area contributed by atoms with Gasteiger partial charge in [-0.05, 0) is 30.5 Å². The summed E-state index contributed by atoms with van der Waals surface area (Å²) in [5.41, 5.74) is 5.21. The summed E-state index contributed by atoms with van der Waals surface area (Å²) in [4.78, 5) is 13.7. The van der Waals surface area contributed by atoms with Crippen LogP contribution in [0.5, 0.6) is 0 Å². The van der Waals surface area contributed by atoms with Crippen LogP contribution in [0.3, 0.4) is 0 Å². The van der Waals surface area contributed by atoms with E-state index in [9.17, 15) is 18.0 Å². The van der Waals surface area contributed by atoms with Gasteiger partial charge in [-0.2, -0.15) is 13.2 Å². The number of esters is 1.